The van der Waals surface area contributed by atoms with E-state index in [1.807, 2.05) is 0 Å². The Balaban J connectivity index is 2.42. The lowest BCUT2D eigenvalue weighted by molar-refractivity contribution is 0.291. The van der Waals surface area contributed by atoms with Gasteiger partial charge in [0.05, 0.1) is 39.2 Å². The average Bonchev–Trinajstić information content (AvgIpc) is 2.76. The lowest BCUT2D eigenvalue weighted by atomic mass is 9.60. The Bertz CT molecular complexity index is 974. The van der Waals surface area contributed by atoms with Gasteiger partial charge < -0.3 is 18.9 Å². The Kier molecular flexibility index (Phi) is 5.66. The van der Waals surface area contributed by atoms with Gasteiger partial charge in [0.2, 0.25) is 0 Å². The molecule has 34 heavy (non-hydrogen) atoms. The summed E-state index contributed by atoms with van der Waals surface area (Å²) in [5, 5.41) is 1.96. The number of hydrogen-bond donors (Lipinski definition) is 0. The van der Waals surface area contributed by atoms with E-state index in [1.165, 1.54) is 22.3 Å². The number of rotatable bonds is 4. The second-order valence-electron chi connectivity index (χ2n) is 12.9. The van der Waals surface area contributed by atoms with Crippen molar-refractivity contribution in [3.63, 3.8) is 0 Å². The van der Waals surface area contributed by atoms with Crippen LogP contribution in [0.25, 0.3) is 10.8 Å². The van der Waals surface area contributed by atoms with Crippen LogP contribution in [-0.4, -0.2) is 28.4 Å². The molecule has 4 rings (SSSR count). The zero-order chi connectivity index (χ0) is 25.4. The molecule has 2 aliphatic carbocycles. The summed E-state index contributed by atoms with van der Waals surface area (Å²) in [6.07, 6.45) is 4.34. The van der Waals surface area contributed by atoms with E-state index < -0.39 is 0 Å². The Hall–Kier alpha value is -2.10. The fourth-order valence-corrected chi connectivity index (χ4v) is 6.76. The highest BCUT2D eigenvalue weighted by molar-refractivity contribution is 6.07. The standard InChI is InChI=1S/C30H44O4/c1-27(2)13-14-28(3,4)20-19(27)23(31-9)17-18(24(20)32-10)26(34-12)22-21(25(17)33-11)29(5,6)15-16-30(22,7)8/h13-16H2,1-12H3. The van der Waals surface area contributed by atoms with Crippen LogP contribution in [0.4, 0.5) is 0 Å². The molecular formula is C30H44O4. The minimum Gasteiger partial charge on any atom is -0.496 e. The number of ether oxygens (including phenoxy) is 4. The molecule has 188 valence electrons. The second kappa shape index (κ2) is 7.70. The summed E-state index contributed by atoms with van der Waals surface area (Å²) in [5.74, 6) is 3.61. The molecule has 0 aliphatic heterocycles. The maximum atomic E-state index is 6.32. The first-order chi connectivity index (χ1) is 15.7. The van der Waals surface area contributed by atoms with Crippen molar-refractivity contribution in [3.8, 4) is 23.0 Å². The molecule has 0 spiro atoms. The van der Waals surface area contributed by atoms with E-state index in [0.717, 1.165) is 59.5 Å². The third-order valence-corrected chi connectivity index (χ3v) is 8.84. The molecule has 0 saturated carbocycles. The summed E-state index contributed by atoms with van der Waals surface area (Å²) in [6, 6.07) is 0. The van der Waals surface area contributed by atoms with Gasteiger partial charge in [-0.25, -0.2) is 0 Å². The van der Waals surface area contributed by atoms with Gasteiger partial charge >= 0.3 is 0 Å². The van der Waals surface area contributed by atoms with E-state index in [2.05, 4.69) is 55.4 Å². The first kappa shape index (κ1) is 25.0. The van der Waals surface area contributed by atoms with E-state index >= 15 is 0 Å². The van der Waals surface area contributed by atoms with Crippen molar-refractivity contribution in [1.29, 1.82) is 0 Å². The van der Waals surface area contributed by atoms with E-state index in [1.54, 1.807) is 28.4 Å². The van der Waals surface area contributed by atoms with Gasteiger partial charge in [0.25, 0.3) is 0 Å². The highest BCUT2D eigenvalue weighted by Gasteiger charge is 2.48. The van der Waals surface area contributed by atoms with Crippen molar-refractivity contribution in [2.24, 2.45) is 0 Å². The van der Waals surface area contributed by atoms with Gasteiger partial charge in [-0.15, -0.1) is 0 Å². The molecule has 0 bridgehead atoms. The van der Waals surface area contributed by atoms with Gasteiger partial charge in [-0.05, 0) is 47.3 Å². The van der Waals surface area contributed by atoms with Crippen molar-refractivity contribution < 1.29 is 18.9 Å². The summed E-state index contributed by atoms with van der Waals surface area (Å²) in [7, 11) is 7.17. The lowest BCUT2D eigenvalue weighted by Gasteiger charge is -2.46. The van der Waals surface area contributed by atoms with Crippen LogP contribution < -0.4 is 18.9 Å². The third-order valence-electron chi connectivity index (χ3n) is 8.84. The Morgan fingerprint density at radius 2 is 0.559 bits per heavy atom. The number of benzene rings is 2. The lowest BCUT2D eigenvalue weighted by Crippen LogP contribution is -2.36. The van der Waals surface area contributed by atoms with Gasteiger partial charge in [-0.2, -0.15) is 0 Å². The second-order valence-corrected chi connectivity index (χ2v) is 12.9. The first-order valence-corrected chi connectivity index (χ1v) is 12.6. The van der Waals surface area contributed by atoms with Crippen molar-refractivity contribution >= 4 is 10.8 Å². The summed E-state index contributed by atoms with van der Waals surface area (Å²) < 4.78 is 25.3. The zero-order valence-corrected chi connectivity index (χ0v) is 23.5. The molecule has 0 atom stereocenters. The van der Waals surface area contributed by atoms with Crippen molar-refractivity contribution in [2.45, 2.75) is 103 Å². The third kappa shape index (κ3) is 3.23. The summed E-state index contributed by atoms with van der Waals surface area (Å²) in [4.78, 5) is 0. The topological polar surface area (TPSA) is 36.9 Å². The Labute approximate surface area is 206 Å². The summed E-state index contributed by atoms with van der Waals surface area (Å²) in [5.41, 5.74) is 4.74. The molecule has 0 fully saturated rings. The molecule has 0 radical (unpaired) electrons. The maximum Gasteiger partial charge on any atom is 0.134 e. The molecule has 4 nitrogen and oxygen atoms in total. The van der Waals surface area contributed by atoms with Crippen LogP contribution in [0.5, 0.6) is 23.0 Å². The van der Waals surface area contributed by atoms with Gasteiger partial charge in [-0.1, -0.05) is 55.4 Å². The molecule has 0 amide bonds. The number of hydrogen-bond acceptors (Lipinski definition) is 4. The van der Waals surface area contributed by atoms with E-state index in [9.17, 15) is 0 Å². The molecule has 0 saturated heterocycles. The fraction of sp³-hybridized carbons (Fsp3) is 0.667. The monoisotopic (exact) mass is 468 g/mol. The molecule has 4 heteroatoms. The summed E-state index contributed by atoms with van der Waals surface area (Å²) >= 11 is 0. The van der Waals surface area contributed by atoms with Crippen molar-refractivity contribution in [3.05, 3.63) is 22.3 Å². The van der Waals surface area contributed by atoms with E-state index in [-0.39, 0.29) is 21.7 Å². The minimum atomic E-state index is -0.0550. The largest absolute Gasteiger partial charge is 0.496 e. The molecule has 2 aliphatic rings. The number of fused-ring (bicyclic) bond motifs is 3. The normalized spacial score (nSPS) is 21.4. The van der Waals surface area contributed by atoms with Gasteiger partial charge in [0.15, 0.2) is 0 Å². The van der Waals surface area contributed by atoms with Crippen molar-refractivity contribution in [2.75, 3.05) is 28.4 Å². The summed E-state index contributed by atoms with van der Waals surface area (Å²) in [6.45, 7) is 18.6. The highest BCUT2D eigenvalue weighted by Crippen LogP contribution is 2.63. The SMILES string of the molecule is COc1c2c(c(OC)c3c(OC)c4c(c(OC)c13)C(C)(C)CCC4(C)C)C(C)(C)CCC2(C)C. The quantitative estimate of drug-likeness (QED) is 0.464. The van der Waals surface area contributed by atoms with Crippen LogP contribution in [0.15, 0.2) is 0 Å². The van der Waals surface area contributed by atoms with Crippen LogP contribution in [0.2, 0.25) is 0 Å². The highest BCUT2D eigenvalue weighted by atomic mass is 16.5. The van der Waals surface area contributed by atoms with Crippen LogP contribution in [0.1, 0.15) is 103 Å². The van der Waals surface area contributed by atoms with Crippen LogP contribution in [0.3, 0.4) is 0 Å². The minimum absolute atomic E-state index is 0.0550. The molecule has 0 aromatic heterocycles. The Morgan fingerprint density at radius 3 is 0.706 bits per heavy atom. The van der Waals surface area contributed by atoms with Gasteiger partial charge in [0.1, 0.15) is 23.0 Å². The zero-order valence-electron chi connectivity index (χ0n) is 23.5. The van der Waals surface area contributed by atoms with E-state index in [4.69, 9.17) is 18.9 Å². The molecule has 2 aromatic carbocycles. The molecule has 0 N–H and O–H groups in total. The van der Waals surface area contributed by atoms with Crippen LogP contribution >= 0.6 is 0 Å². The van der Waals surface area contributed by atoms with Gasteiger partial charge in [-0.3, -0.25) is 0 Å². The first-order valence-electron chi connectivity index (χ1n) is 12.6. The molecule has 2 aromatic rings. The molecular weight excluding hydrogens is 424 g/mol. The predicted octanol–water partition coefficient (Wildman–Crippen LogP) is 7.57. The Morgan fingerprint density at radius 1 is 0.382 bits per heavy atom. The van der Waals surface area contributed by atoms with Gasteiger partial charge in [0, 0.05) is 22.3 Å². The van der Waals surface area contributed by atoms with Crippen LogP contribution in [0, 0.1) is 0 Å². The number of methoxy groups -OCH3 is 4. The maximum absolute atomic E-state index is 6.32. The van der Waals surface area contributed by atoms with Crippen LogP contribution in [-0.2, 0) is 21.7 Å². The van der Waals surface area contributed by atoms with Crippen molar-refractivity contribution in [1.82, 2.24) is 0 Å². The average molecular weight is 469 g/mol. The predicted molar refractivity (Wildman–Crippen MR) is 141 cm³/mol. The van der Waals surface area contributed by atoms with E-state index in [0.29, 0.717) is 0 Å². The molecule has 0 heterocycles. The molecule has 0 unspecified atom stereocenters. The fourth-order valence-electron chi connectivity index (χ4n) is 6.76. The smallest absolute Gasteiger partial charge is 0.134 e.